The summed E-state index contributed by atoms with van der Waals surface area (Å²) in [5.74, 6) is -0.953. The van der Waals surface area contributed by atoms with Gasteiger partial charge in [0.2, 0.25) is 0 Å². The minimum absolute atomic E-state index is 0.0219. The molecule has 0 bridgehead atoms. The summed E-state index contributed by atoms with van der Waals surface area (Å²) >= 11 is 2.00. The molecule has 2 rings (SSSR count). The molecule has 24 heavy (non-hydrogen) atoms. The number of alkyl halides is 1. The Morgan fingerprint density at radius 3 is 2.58 bits per heavy atom. The third kappa shape index (κ3) is 3.54. The summed E-state index contributed by atoms with van der Waals surface area (Å²) in [5, 5.41) is 11.2. The number of carbonyl (C=O) groups excluding carboxylic acids is 1. The second-order valence-electron chi connectivity index (χ2n) is 5.70. The molecule has 0 amide bonds. The summed E-state index contributed by atoms with van der Waals surface area (Å²) in [6.07, 6.45) is -0.578. The Hall–Kier alpha value is -1.27. The van der Waals surface area contributed by atoms with Crippen molar-refractivity contribution in [1.29, 1.82) is 0 Å². The van der Waals surface area contributed by atoms with Crippen molar-refractivity contribution in [3.8, 4) is 0 Å². The zero-order valence-corrected chi connectivity index (χ0v) is 16.1. The van der Waals surface area contributed by atoms with E-state index in [9.17, 15) is 23.3 Å². The molecule has 1 aromatic carbocycles. The van der Waals surface area contributed by atoms with Gasteiger partial charge >= 0.3 is 5.97 Å². The van der Waals surface area contributed by atoms with Crippen molar-refractivity contribution >= 4 is 44.3 Å². The number of nitrogens with zero attached hydrogens (tertiary/aromatic N) is 2. The zero-order chi connectivity index (χ0) is 18.1. The Morgan fingerprint density at radius 2 is 2.04 bits per heavy atom. The SMILES string of the molecule is CC(C)[C@H]1C(=O)O[C@@H](CI)CN1S(=O)(=O)c1ccccc1[N+](=O)[O-]. The summed E-state index contributed by atoms with van der Waals surface area (Å²) in [6.45, 7) is 3.39. The van der Waals surface area contributed by atoms with Gasteiger partial charge in [-0.3, -0.25) is 14.9 Å². The van der Waals surface area contributed by atoms with Crippen molar-refractivity contribution in [2.45, 2.75) is 30.9 Å². The van der Waals surface area contributed by atoms with Crippen molar-refractivity contribution in [3.63, 3.8) is 0 Å². The first-order chi connectivity index (χ1) is 11.2. The number of nitro benzene ring substituents is 1. The van der Waals surface area contributed by atoms with E-state index in [1.165, 1.54) is 18.2 Å². The minimum atomic E-state index is -4.22. The highest BCUT2D eigenvalue weighted by atomic mass is 127. The van der Waals surface area contributed by atoms with Crippen LogP contribution >= 0.6 is 22.6 Å². The summed E-state index contributed by atoms with van der Waals surface area (Å²) in [6, 6.07) is 4.13. The average Bonchev–Trinajstić information content (AvgIpc) is 2.53. The third-order valence-corrected chi connectivity index (χ3v) is 6.55. The Kier molecular flexibility index (Phi) is 5.81. The molecule has 0 unspecified atom stereocenters. The summed E-state index contributed by atoms with van der Waals surface area (Å²) in [7, 11) is -4.22. The van der Waals surface area contributed by atoms with Crippen molar-refractivity contribution in [1.82, 2.24) is 4.31 Å². The van der Waals surface area contributed by atoms with Crippen LogP contribution in [0.4, 0.5) is 5.69 Å². The molecule has 0 aliphatic carbocycles. The van der Waals surface area contributed by atoms with Crippen molar-refractivity contribution in [2.75, 3.05) is 11.0 Å². The van der Waals surface area contributed by atoms with Crippen LogP contribution in [0.5, 0.6) is 0 Å². The molecule has 2 atom stereocenters. The van der Waals surface area contributed by atoms with E-state index >= 15 is 0 Å². The molecule has 0 aromatic heterocycles. The predicted molar refractivity (Wildman–Crippen MR) is 94.4 cm³/mol. The number of nitro groups is 1. The average molecular weight is 468 g/mol. The Bertz CT molecular complexity index is 751. The summed E-state index contributed by atoms with van der Waals surface area (Å²) in [4.78, 5) is 22.3. The first-order valence-electron chi connectivity index (χ1n) is 7.21. The lowest BCUT2D eigenvalue weighted by Gasteiger charge is -2.38. The molecule has 0 N–H and O–H groups in total. The lowest BCUT2D eigenvalue weighted by atomic mass is 10.0. The second kappa shape index (κ2) is 7.31. The van der Waals surface area contributed by atoms with E-state index in [4.69, 9.17) is 4.74 Å². The number of hydrogen-bond acceptors (Lipinski definition) is 6. The number of para-hydroxylation sites is 1. The Labute approximate surface area is 153 Å². The van der Waals surface area contributed by atoms with Gasteiger partial charge in [-0.2, -0.15) is 4.31 Å². The van der Waals surface area contributed by atoms with Crippen LogP contribution in [-0.2, 0) is 19.6 Å². The molecular weight excluding hydrogens is 451 g/mol. The van der Waals surface area contributed by atoms with Gasteiger partial charge in [0, 0.05) is 10.5 Å². The van der Waals surface area contributed by atoms with Crippen LogP contribution in [0.1, 0.15) is 13.8 Å². The summed E-state index contributed by atoms with van der Waals surface area (Å²) in [5.41, 5.74) is -0.509. The lowest BCUT2D eigenvalue weighted by molar-refractivity contribution is -0.387. The molecule has 1 heterocycles. The molecule has 1 saturated heterocycles. The number of rotatable bonds is 5. The largest absolute Gasteiger partial charge is 0.459 e. The van der Waals surface area contributed by atoms with E-state index in [2.05, 4.69) is 0 Å². The Morgan fingerprint density at radius 1 is 1.42 bits per heavy atom. The number of halogens is 1. The number of morpholine rings is 1. The first kappa shape index (κ1) is 19.1. The fourth-order valence-electron chi connectivity index (χ4n) is 2.59. The van der Waals surface area contributed by atoms with Crippen LogP contribution < -0.4 is 0 Å². The topological polar surface area (TPSA) is 107 Å². The maximum absolute atomic E-state index is 13.0. The molecule has 0 spiro atoms. The van der Waals surface area contributed by atoms with E-state index in [1.807, 2.05) is 22.6 Å². The number of cyclic esters (lactones) is 1. The van der Waals surface area contributed by atoms with Crippen molar-refractivity contribution < 1.29 is 22.9 Å². The van der Waals surface area contributed by atoms with Crippen LogP contribution in [0.15, 0.2) is 29.2 Å². The Balaban J connectivity index is 2.56. The molecule has 8 nitrogen and oxygen atoms in total. The van der Waals surface area contributed by atoms with Crippen LogP contribution in [0.3, 0.4) is 0 Å². The zero-order valence-electron chi connectivity index (χ0n) is 13.1. The van der Waals surface area contributed by atoms with Crippen molar-refractivity contribution in [3.05, 3.63) is 34.4 Å². The van der Waals surface area contributed by atoms with Gasteiger partial charge in [-0.25, -0.2) is 8.42 Å². The predicted octanol–water partition coefficient (Wildman–Crippen LogP) is 1.97. The first-order valence-corrected chi connectivity index (χ1v) is 10.2. The quantitative estimate of drug-likeness (QED) is 0.215. The van der Waals surface area contributed by atoms with E-state index in [0.29, 0.717) is 4.43 Å². The number of benzene rings is 1. The number of esters is 1. The molecule has 0 saturated carbocycles. The molecular formula is C14H17IN2O6S. The smallest absolute Gasteiger partial charge is 0.325 e. The fraction of sp³-hybridized carbons (Fsp3) is 0.500. The van der Waals surface area contributed by atoms with Gasteiger partial charge in [0.1, 0.15) is 12.1 Å². The van der Waals surface area contributed by atoms with Crippen LogP contribution in [0, 0.1) is 16.0 Å². The van der Waals surface area contributed by atoms with Gasteiger partial charge in [0.25, 0.3) is 15.7 Å². The van der Waals surface area contributed by atoms with Crippen LogP contribution in [-0.4, -0.2) is 46.7 Å². The van der Waals surface area contributed by atoms with Crippen LogP contribution in [0.2, 0.25) is 0 Å². The highest BCUT2D eigenvalue weighted by molar-refractivity contribution is 14.1. The van der Waals surface area contributed by atoms with E-state index in [-0.39, 0.29) is 12.5 Å². The third-order valence-electron chi connectivity index (χ3n) is 3.67. The van der Waals surface area contributed by atoms with Gasteiger partial charge in [-0.05, 0) is 12.0 Å². The second-order valence-corrected chi connectivity index (χ2v) is 8.44. The molecule has 1 aliphatic heterocycles. The number of ether oxygens (including phenoxy) is 1. The maximum Gasteiger partial charge on any atom is 0.325 e. The molecule has 10 heteroatoms. The molecule has 1 aromatic rings. The van der Waals surface area contributed by atoms with Gasteiger partial charge < -0.3 is 4.74 Å². The van der Waals surface area contributed by atoms with Crippen LogP contribution in [0.25, 0.3) is 0 Å². The normalized spacial score (nSPS) is 22.4. The van der Waals surface area contributed by atoms with E-state index in [0.717, 1.165) is 10.4 Å². The number of sulfonamides is 1. The molecule has 0 radical (unpaired) electrons. The fourth-order valence-corrected chi connectivity index (χ4v) is 4.95. The molecule has 132 valence electrons. The van der Waals surface area contributed by atoms with E-state index < -0.39 is 43.6 Å². The standard InChI is InChI=1S/C14H17IN2O6S/c1-9(2)13-14(18)23-10(7-15)8-16(13)24(21,22)12-6-4-3-5-11(12)17(19)20/h3-6,9-10,13H,7-8H2,1-2H3/t10-,13-/m0/s1. The molecule has 1 fully saturated rings. The molecule has 1 aliphatic rings. The van der Waals surface area contributed by atoms with Gasteiger partial charge in [0.15, 0.2) is 4.90 Å². The lowest BCUT2D eigenvalue weighted by Crippen LogP contribution is -2.57. The number of carbonyl (C=O) groups is 1. The maximum atomic E-state index is 13.0. The minimum Gasteiger partial charge on any atom is -0.459 e. The highest BCUT2D eigenvalue weighted by Crippen LogP contribution is 2.31. The monoisotopic (exact) mass is 468 g/mol. The van der Waals surface area contributed by atoms with Gasteiger partial charge in [0.05, 0.1) is 11.5 Å². The summed E-state index contributed by atoms with van der Waals surface area (Å²) < 4.78 is 32.8. The van der Waals surface area contributed by atoms with Gasteiger partial charge in [-0.1, -0.05) is 48.6 Å². The van der Waals surface area contributed by atoms with Gasteiger partial charge in [-0.15, -0.1) is 0 Å². The number of hydrogen-bond donors (Lipinski definition) is 0. The van der Waals surface area contributed by atoms with Crippen molar-refractivity contribution in [2.24, 2.45) is 5.92 Å². The van der Waals surface area contributed by atoms with E-state index in [1.54, 1.807) is 13.8 Å². The highest BCUT2D eigenvalue weighted by Gasteiger charge is 2.46.